The first kappa shape index (κ1) is 16.8. The highest BCUT2D eigenvalue weighted by atomic mass is 32.2. The molecule has 2 aromatic heterocycles. The van der Waals surface area contributed by atoms with Gasteiger partial charge in [0.25, 0.3) is 0 Å². The van der Waals surface area contributed by atoms with Gasteiger partial charge in [0, 0.05) is 30.6 Å². The normalized spacial score (nSPS) is 11.4. The van der Waals surface area contributed by atoms with Gasteiger partial charge in [0.15, 0.2) is 5.69 Å². The van der Waals surface area contributed by atoms with E-state index in [1.165, 1.54) is 23.9 Å². The van der Waals surface area contributed by atoms with E-state index in [4.69, 9.17) is 5.14 Å². The van der Waals surface area contributed by atoms with Crippen molar-refractivity contribution in [2.24, 2.45) is 12.2 Å². The summed E-state index contributed by atoms with van der Waals surface area (Å²) in [6.45, 7) is 0. The quantitative estimate of drug-likeness (QED) is 0.727. The molecule has 2 heterocycles. The van der Waals surface area contributed by atoms with Gasteiger partial charge in [0.1, 0.15) is 5.69 Å². The number of nitrogens with two attached hydrogens (primary N) is 1. The van der Waals surface area contributed by atoms with Crippen molar-refractivity contribution in [1.29, 1.82) is 0 Å². The van der Waals surface area contributed by atoms with Crippen LogP contribution in [-0.2, 0) is 17.1 Å². The number of pyridine rings is 1. The summed E-state index contributed by atoms with van der Waals surface area (Å²) in [4.78, 5) is 15.6. The Hall–Kier alpha value is -3.04. The average molecular weight is 358 g/mol. The van der Waals surface area contributed by atoms with Crippen LogP contribution in [0.4, 0.5) is 0 Å². The maximum Gasteiger partial charge on any atom is 0.354 e. The zero-order chi connectivity index (χ0) is 18.2. The minimum atomic E-state index is -3.81. The third-order valence-corrected chi connectivity index (χ3v) is 4.60. The molecular weight excluding hydrogens is 344 g/mol. The summed E-state index contributed by atoms with van der Waals surface area (Å²) < 4.78 is 24.1. The summed E-state index contributed by atoms with van der Waals surface area (Å²) in [5.74, 6) is -1.12. The van der Waals surface area contributed by atoms with Crippen LogP contribution >= 0.6 is 0 Å². The second kappa shape index (κ2) is 6.11. The fourth-order valence-electron chi connectivity index (χ4n) is 2.57. The molecule has 0 amide bonds. The van der Waals surface area contributed by atoms with E-state index in [-0.39, 0.29) is 10.6 Å². The molecule has 9 heteroatoms. The van der Waals surface area contributed by atoms with E-state index in [1.807, 2.05) is 0 Å². The zero-order valence-corrected chi connectivity index (χ0v) is 13.9. The Balaban J connectivity index is 2.24. The molecule has 3 aromatic rings. The predicted molar refractivity (Wildman–Crippen MR) is 90.2 cm³/mol. The molecule has 0 spiro atoms. The molecule has 3 rings (SSSR count). The Morgan fingerprint density at radius 3 is 2.20 bits per heavy atom. The third kappa shape index (κ3) is 3.14. The Morgan fingerprint density at radius 2 is 1.68 bits per heavy atom. The number of carbonyl (C=O) groups is 1. The molecule has 25 heavy (non-hydrogen) atoms. The van der Waals surface area contributed by atoms with Gasteiger partial charge < -0.3 is 5.11 Å². The zero-order valence-electron chi connectivity index (χ0n) is 13.1. The number of rotatable bonds is 4. The predicted octanol–water partition coefficient (Wildman–Crippen LogP) is 1.49. The molecule has 0 radical (unpaired) electrons. The van der Waals surface area contributed by atoms with E-state index in [0.717, 1.165) is 0 Å². The van der Waals surface area contributed by atoms with Gasteiger partial charge >= 0.3 is 5.97 Å². The van der Waals surface area contributed by atoms with E-state index in [2.05, 4.69) is 10.1 Å². The van der Waals surface area contributed by atoms with Crippen LogP contribution in [-0.4, -0.2) is 34.3 Å². The molecule has 0 fully saturated rings. The molecule has 0 atom stereocenters. The number of hydrogen-bond acceptors (Lipinski definition) is 5. The minimum Gasteiger partial charge on any atom is -0.477 e. The third-order valence-electron chi connectivity index (χ3n) is 3.68. The second-order valence-corrected chi connectivity index (χ2v) is 6.87. The van der Waals surface area contributed by atoms with Crippen LogP contribution in [0, 0.1) is 0 Å². The van der Waals surface area contributed by atoms with Crippen LogP contribution in [0.15, 0.2) is 53.7 Å². The molecule has 0 aliphatic rings. The van der Waals surface area contributed by atoms with Gasteiger partial charge in [-0.25, -0.2) is 18.4 Å². The molecule has 0 unspecified atom stereocenters. The van der Waals surface area contributed by atoms with Crippen molar-refractivity contribution >= 4 is 16.0 Å². The number of sulfonamides is 1. The van der Waals surface area contributed by atoms with E-state index in [1.54, 1.807) is 36.7 Å². The van der Waals surface area contributed by atoms with Crippen molar-refractivity contribution < 1.29 is 18.3 Å². The van der Waals surface area contributed by atoms with E-state index >= 15 is 0 Å². The largest absolute Gasteiger partial charge is 0.477 e. The Morgan fingerprint density at radius 1 is 1.08 bits per heavy atom. The number of aromatic carboxylic acids is 1. The lowest BCUT2D eigenvalue weighted by atomic mass is 10.00. The molecule has 128 valence electrons. The number of carboxylic acid groups (broad SMARTS) is 1. The Labute approximate surface area is 143 Å². The van der Waals surface area contributed by atoms with Crippen molar-refractivity contribution in [2.75, 3.05) is 0 Å². The first-order valence-corrected chi connectivity index (χ1v) is 8.67. The van der Waals surface area contributed by atoms with E-state index in [0.29, 0.717) is 22.4 Å². The molecule has 0 bridgehead atoms. The van der Waals surface area contributed by atoms with Crippen LogP contribution in [0.5, 0.6) is 0 Å². The fraction of sp³-hybridized carbons (Fsp3) is 0.0625. The number of nitrogens with zero attached hydrogens (tertiary/aromatic N) is 3. The van der Waals surface area contributed by atoms with Gasteiger partial charge in [-0.3, -0.25) is 9.67 Å². The van der Waals surface area contributed by atoms with Crippen LogP contribution < -0.4 is 5.14 Å². The van der Waals surface area contributed by atoms with Gasteiger partial charge in [-0.2, -0.15) is 5.10 Å². The van der Waals surface area contributed by atoms with Gasteiger partial charge in [0.2, 0.25) is 10.0 Å². The Kier molecular flexibility index (Phi) is 4.11. The van der Waals surface area contributed by atoms with Crippen molar-refractivity contribution in [3.63, 3.8) is 0 Å². The SMILES string of the molecule is Cn1nc(-c2ccc(S(N)(=O)=O)cc2)c(-c2ccncc2)c1C(=O)O. The number of hydrogen-bond donors (Lipinski definition) is 2. The second-order valence-electron chi connectivity index (χ2n) is 5.31. The van der Waals surface area contributed by atoms with Crippen LogP contribution in [0.25, 0.3) is 22.4 Å². The van der Waals surface area contributed by atoms with Crippen molar-refractivity contribution in [1.82, 2.24) is 14.8 Å². The maximum absolute atomic E-state index is 11.7. The molecule has 8 nitrogen and oxygen atoms in total. The minimum absolute atomic E-state index is 0.0247. The molecule has 0 aliphatic carbocycles. The highest BCUT2D eigenvalue weighted by molar-refractivity contribution is 7.89. The molecule has 0 aliphatic heterocycles. The van der Waals surface area contributed by atoms with Gasteiger partial charge in [0.05, 0.1) is 4.90 Å². The molecular formula is C16H14N4O4S. The van der Waals surface area contributed by atoms with Crippen molar-refractivity contribution in [3.8, 4) is 22.4 Å². The summed E-state index contributed by atoms with van der Waals surface area (Å²) in [5, 5.41) is 19.0. The van der Waals surface area contributed by atoms with Crippen LogP contribution in [0.2, 0.25) is 0 Å². The summed E-state index contributed by atoms with van der Waals surface area (Å²) in [5.41, 5.74) is 2.10. The van der Waals surface area contributed by atoms with Gasteiger partial charge in [-0.1, -0.05) is 12.1 Å². The van der Waals surface area contributed by atoms with E-state index < -0.39 is 16.0 Å². The highest BCUT2D eigenvalue weighted by Crippen LogP contribution is 2.34. The average Bonchev–Trinajstić information content (AvgIpc) is 2.92. The summed E-state index contributed by atoms with van der Waals surface area (Å²) in [7, 11) is -2.27. The smallest absolute Gasteiger partial charge is 0.354 e. The number of aromatic nitrogens is 3. The van der Waals surface area contributed by atoms with Crippen LogP contribution in [0.1, 0.15) is 10.5 Å². The van der Waals surface area contributed by atoms with Crippen LogP contribution in [0.3, 0.4) is 0 Å². The Bertz CT molecular complexity index is 1040. The van der Waals surface area contributed by atoms with Gasteiger partial charge in [-0.05, 0) is 29.8 Å². The van der Waals surface area contributed by atoms with Crippen molar-refractivity contribution in [3.05, 3.63) is 54.5 Å². The molecule has 0 saturated carbocycles. The lowest BCUT2D eigenvalue weighted by Crippen LogP contribution is -2.11. The summed E-state index contributed by atoms with van der Waals surface area (Å²) in [6, 6.07) is 9.17. The summed E-state index contributed by atoms with van der Waals surface area (Å²) in [6.07, 6.45) is 3.11. The monoisotopic (exact) mass is 358 g/mol. The lowest BCUT2D eigenvalue weighted by molar-refractivity contribution is 0.0686. The number of aryl methyl sites for hydroxylation is 1. The number of benzene rings is 1. The first-order valence-electron chi connectivity index (χ1n) is 7.13. The van der Waals surface area contributed by atoms with Gasteiger partial charge in [-0.15, -0.1) is 0 Å². The first-order chi connectivity index (χ1) is 11.8. The molecule has 1 aromatic carbocycles. The molecule has 3 N–H and O–H groups in total. The topological polar surface area (TPSA) is 128 Å². The standard InChI is InChI=1S/C16H14N4O4S/c1-20-15(16(21)22)13(10-6-8-18-9-7-10)14(19-20)11-2-4-12(5-3-11)25(17,23)24/h2-9H,1H3,(H,21,22)(H2,17,23,24). The fourth-order valence-corrected chi connectivity index (χ4v) is 3.08. The van der Waals surface area contributed by atoms with Crippen molar-refractivity contribution in [2.45, 2.75) is 4.90 Å². The molecule has 0 saturated heterocycles. The highest BCUT2D eigenvalue weighted by Gasteiger charge is 2.24. The lowest BCUT2D eigenvalue weighted by Gasteiger charge is -2.05. The van der Waals surface area contributed by atoms with E-state index in [9.17, 15) is 18.3 Å². The number of carboxylic acids is 1. The maximum atomic E-state index is 11.7. The number of primary sulfonamides is 1. The summed E-state index contributed by atoms with van der Waals surface area (Å²) >= 11 is 0.